The molecule has 0 spiro atoms. The van der Waals surface area contributed by atoms with Crippen LogP contribution in [0.4, 0.5) is 0 Å². The van der Waals surface area contributed by atoms with Crippen LogP contribution >= 0.6 is 0 Å². The molecular formula is C22H26N4O3. The van der Waals surface area contributed by atoms with E-state index >= 15 is 0 Å². The zero-order chi connectivity index (χ0) is 20.4. The molecule has 1 aromatic carbocycles. The van der Waals surface area contributed by atoms with E-state index in [1.54, 1.807) is 11.8 Å². The molecule has 1 saturated heterocycles. The summed E-state index contributed by atoms with van der Waals surface area (Å²) in [6, 6.07) is 9.51. The van der Waals surface area contributed by atoms with Crippen LogP contribution in [0, 0.1) is 6.92 Å². The van der Waals surface area contributed by atoms with Crippen molar-refractivity contribution in [2.24, 2.45) is 7.05 Å². The minimum absolute atomic E-state index is 0.0592. The van der Waals surface area contributed by atoms with Crippen LogP contribution in [0.15, 0.2) is 41.1 Å². The molecule has 0 unspecified atom stereocenters. The van der Waals surface area contributed by atoms with E-state index in [9.17, 15) is 4.79 Å². The van der Waals surface area contributed by atoms with Crippen LogP contribution in [-0.2, 0) is 18.3 Å². The highest BCUT2D eigenvalue weighted by molar-refractivity contribution is 5.79. The topological polar surface area (TPSA) is 73.4 Å². The van der Waals surface area contributed by atoms with Crippen LogP contribution in [-0.4, -0.2) is 39.4 Å². The van der Waals surface area contributed by atoms with Gasteiger partial charge in [-0.1, -0.05) is 17.3 Å². The van der Waals surface area contributed by atoms with Gasteiger partial charge in [0, 0.05) is 25.9 Å². The molecular weight excluding hydrogens is 368 g/mol. The zero-order valence-electron chi connectivity index (χ0n) is 17.1. The molecule has 0 saturated carbocycles. The minimum atomic E-state index is -0.0592. The van der Waals surface area contributed by atoms with E-state index in [1.165, 1.54) is 0 Å². The summed E-state index contributed by atoms with van der Waals surface area (Å²) in [6.45, 7) is 2.64. The normalized spacial score (nSPS) is 16.8. The van der Waals surface area contributed by atoms with E-state index < -0.39 is 0 Å². The average molecular weight is 394 g/mol. The number of ether oxygens (including phenoxy) is 1. The van der Waals surface area contributed by atoms with Crippen molar-refractivity contribution in [2.45, 2.75) is 38.6 Å². The first-order valence-electron chi connectivity index (χ1n) is 9.95. The standard InChI is InChI=1S/C22H26N4O3/c1-15-12-20(29-24-15)18-14-25(2)23-22(18)19-6-4-5-11-26(19)21(27)13-16-7-9-17(28-3)10-8-16/h7-10,12,14,19H,4-6,11,13H2,1-3H3/t19-/m1/s1. The van der Waals surface area contributed by atoms with Crippen molar-refractivity contribution < 1.29 is 14.1 Å². The van der Waals surface area contributed by atoms with Gasteiger partial charge < -0.3 is 14.2 Å². The molecule has 0 radical (unpaired) electrons. The lowest BCUT2D eigenvalue weighted by Gasteiger charge is -2.35. The van der Waals surface area contributed by atoms with E-state index in [0.29, 0.717) is 12.2 Å². The summed E-state index contributed by atoms with van der Waals surface area (Å²) in [5.41, 5.74) is 3.59. The Balaban J connectivity index is 1.60. The van der Waals surface area contributed by atoms with Gasteiger partial charge in [0.2, 0.25) is 5.91 Å². The predicted octanol–water partition coefficient (Wildman–Crippen LogP) is 3.69. The van der Waals surface area contributed by atoms with E-state index in [0.717, 1.165) is 54.1 Å². The molecule has 0 aliphatic carbocycles. The third-order valence-electron chi connectivity index (χ3n) is 5.40. The predicted molar refractivity (Wildman–Crippen MR) is 108 cm³/mol. The van der Waals surface area contributed by atoms with Crippen molar-refractivity contribution in [2.75, 3.05) is 13.7 Å². The summed E-state index contributed by atoms with van der Waals surface area (Å²) in [5, 5.41) is 8.71. The van der Waals surface area contributed by atoms with E-state index in [2.05, 4.69) is 5.16 Å². The monoisotopic (exact) mass is 394 g/mol. The van der Waals surface area contributed by atoms with Gasteiger partial charge in [-0.15, -0.1) is 0 Å². The van der Waals surface area contributed by atoms with Crippen molar-refractivity contribution in [1.82, 2.24) is 19.8 Å². The van der Waals surface area contributed by atoms with Gasteiger partial charge in [-0.2, -0.15) is 5.10 Å². The first-order valence-corrected chi connectivity index (χ1v) is 9.95. The Morgan fingerprint density at radius 1 is 1.28 bits per heavy atom. The fraction of sp³-hybridized carbons (Fsp3) is 0.409. The average Bonchev–Trinajstić information content (AvgIpc) is 3.34. The van der Waals surface area contributed by atoms with Gasteiger partial charge in [0.1, 0.15) is 5.75 Å². The Hall–Kier alpha value is -3.09. The number of likely N-dealkylation sites (tertiary alicyclic amines) is 1. The second kappa shape index (κ2) is 8.11. The third kappa shape index (κ3) is 4.04. The second-order valence-electron chi connectivity index (χ2n) is 7.56. The molecule has 1 fully saturated rings. The zero-order valence-corrected chi connectivity index (χ0v) is 17.1. The Morgan fingerprint density at radius 2 is 2.07 bits per heavy atom. The fourth-order valence-electron chi connectivity index (χ4n) is 3.97. The number of rotatable bonds is 5. The van der Waals surface area contributed by atoms with Crippen LogP contribution in [0.2, 0.25) is 0 Å². The summed E-state index contributed by atoms with van der Waals surface area (Å²) < 4.78 is 12.5. The number of aryl methyl sites for hydroxylation is 2. The first kappa shape index (κ1) is 19.2. The van der Waals surface area contributed by atoms with Crippen LogP contribution in [0.5, 0.6) is 5.75 Å². The molecule has 1 aliphatic heterocycles. The van der Waals surface area contributed by atoms with E-state index in [1.807, 2.05) is 55.4 Å². The van der Waals surface area contributed by atoms with Gasteiger partial charge in [0.05, 0.1) is 36.5 Å². The molecule has 0 bridgehead atoms. The first-order chi connectivity index (χ1) is 14.0. The van der Waals surface area contributed by atoms with Crippen molar-refractivity contribution in [3.63, 3.8) is 0 Å². The molecule has 152 valence electrons. The van der Waals surface area contributed by atoms with Gasteiger partial charge in [-0.25, -0.2) is 0 Å². The van der Waals surface area contributed by atoms with Gasteiger partial charge in [0.15, 0.2) is 5.76 Å². The SMILES string of the molecule is COc1ccc(CC(=O)N2CCCC[C@@H]2c2nn(C)cc2-c2cc(C)no2)cc1. The molecule has 3 aromatic rings. The maximum Gasteiger partial charge on any atom is 0.227 e. The number of amides is 1. The highest BCUT2D eigenvalue weighted by atomic mass is 16.5. The van der Waals surface area contributed by atoms with E-state index in [-0.39, 0.29) is 11.9 Å². The summed E-state index contributed by atoms with van der Waals surface area (Å²) in [5.74, 6) is 1.60. The maximum absolute atomic E-state index is 13.2. The van der Waals surface area contributed by atoms with Gasteiger partial charge >= 0.3 is 0 Å². The molecule has 4 rings (SSSR count). The van der Waals surface area contributed by atoms with Crippen molar-refractivity contribution in [3.05, 3.63) is 53.5 Å². The summed E-state index contributed by atoms with van der Waals surface area (Å²) in [4.78, 5) is 15.2. The molecule has 3 heterocycles. The maximum atomic E-state index is 13.2. The van der Waals surface area contributed by atoms with Crippen LogP contribution < -0.4 is 4.74 Å². The molecule has 7 nitrogen and oxygen atoms in total. The number of carbonyl (C=O) groups excluding carboxylic acids is 1. The summed E-state index contributed by atoms with van der Waals surface area (Å²) >= 11 is 0. The molecule has 1 aliphatic rings. The smallest absolute Gasteiger partial charge is 0.227 e. The Labute approximate surface area is 170 Å². The number of piperidine rings is 1. The molecule has 1 atom stereocenters. The summed E-state index contributed by atoms with van der Waals surface area (Å²) in [6.07, 6.45) is 5.28. The molecule has 0 N–H and O–H groups in total. The second-order valence-corrected chi connectivity index (χ2v) is 7.56. The largest absolute Gasteiger partial charge is 0.497 e. The van der Waals surface area contributed by atoms with Crippen LogP contribution in [0.1, 0.15) is 42.3 Å². The van der Waals surface area contributed by atoms with Crippen molar-refractivity contribution in [1.29, 1.82) is 0 Å². The summed E-state index contributed by atoms with van der Waals surface area (Å²) in [7, 11) is 3.53. The van der Waals surface area contributed by atoms with Gasteiger partial charge in [-0.3, -0.25) is 9.48 Å². The number of benzene rings is 1. The van der Waals surface area contributed by atoms with E-state index in [4.69, 9.17) is 14.4 Å². The molecule has 29 heavy (non-hydrogen) atoms. The quantitative estimate of drug-likeness (QED) is 0.660. The van der Waals surface area contributed by atoms with Crippen LogP contribution in [0.3, 0.4) is 0 Å². The Kier molecular flexibility index (Phi) is 5.38. The number of hydrogen-bond acceptors (Lipinski definition) is 5. The third-order valence-corrected chi connectivity index (χ3v) is 5.40. The number of hydrogen-bond donors (Lipinski definition) is 0. The highest BCUT2D eigenvalue weighted by Gasteiger charge is 2.32. The minimum Gasteiger partial charge on any atom is -0.497 e. The van der Waals surface area contributed by atoms with Gasteiger partial charge in [-0.05, 0) is 43.9 Å². The number of methoxy groups -OCH3 is 1. The lowest BCUT2D eigenvalue weighted by Crippen LogP contribution is -2.39. The lowest BCUT2D eigenvalue weighted by atomic mass is 9.95. The Bertz CT molecular complexity index is 990. The molecule has 7 heteroatoms. The van der Waals surface area contributed by atoms with Gasteiger partial charge in [0.25, 0.3) is 0 Å². The molecule has 2 aromatic heterocycles. The number of nitrogens with zero attached hydrogens (tertiary/aromatic N) is 4. The lowest BCUT2D eigenvalue weighted by molar-refractivity contribution is -0.134. The Morgan fingerprint density at radius 3 is 2.76 bits per heavy atom. The molecule has 1 amide bonds. The highest BCUT2D eigenvalue weighted by Crippen LogP contribution is 2.36. The number of carbonyl (C=O) groups is 1. The fourth-order valence-corrected chi connectivity index (χ4v) is 3.97. The van der Waals surface area contributed by atoms with Crippen molar-refractivity contribution in [3.8, 4) is 17.1 Å². The van der Waals surface area contributed by atoms with Crippen LogP contribution in [0.25, 0.3) is 11.3 Å². The number of aromatic nitrogens is 3. The van der Waals surface area contributed by atoms with Crippen molar-refractivity contribution >= 4 is 5.91 Å².